The van der Waals surface area contributed by atoms with Crippen molar-refractivity contribution >= 4 is 10.0 Å². The summed E-state index contributed by atoms with van der Waals surface area (Å²) in [5.41, 5.74) is 0.996. The third-order valence-electron chi connectivity index (χ3n) is 4.08. The zero-order chi connectivity index (χ0) is 17.3. The fourth-order valence-electron chi connectivity index (χ4n) is 2.87. The first-order valence-electron chi connectivity index (χ1n) is 7.37. The van der Waals surface area contributed by atoms with Gasteiger partial charge in [0.2, 0.25) is 10.0 Å². The smallest absolute Gasteiger partial charge is 0.243 e. The van der Waals surface area contributed by atoms with Crippen molar-refractivity contribution < 1.29 is 17.9 Å². The van der Waals surface area contributed by atoms with Crippen LogP contribution in [0.1, 0.15) is 23.6 Å². The average molecular weight is 346 g/mol. The Hall–Kier alpha value is -2.27. The van der Waals surface area contributed by atoms with Gasteiger partial charge >= 0.3 is 0 Å². The Balaban J connectivity index is 1.98. The highest BCUT2D eigenvalue weighted by atomic mass is 32.2. The molecule has 0 amide bonds. The molecule has 3 rings (SSSR count). The minimum absolute atomic E-state index is 0.0234. The average Bonchev–Trinajstić information content (AvgIpc) is 2.98. The summed E-state index contributed by atoms with van der Waals surface area (Å²) < 4.78 is 40.1. The van der Waals surface area contributed by atoms with Crippen LogP contribution >= 0.6 is 0 Å². The van der Waals surface area contributed by atoms with Gasteiger partial charge in [0, 0.05) is 6.54 Å². The van der Waals surface area contributed by atoms with Gasteiger partial charge in [-0.05, 0) is 48.4 Å². The number of sulfonamides is 1. The minimum Gasteiger partial charge on any atom is -0.392 e. The summed E-state index contributed by atoms with van der Waals surface area (Å²) >= 11 is 0. The first kappa shape index (κ1) is 16.6. The van der Waals surface area contributed by atoms with Crippen LogP contribution in [0.25, 0.3) is 0 Å². The third-order valence-corrected chi connectivity index (χ3v) is 5.97. The van der Waals surface area contributed by atoms with E-state index in [1.165, 1.54) is 52.8 Å². The van der Waals surface area contributed by atoms with E-state index >= 15 is 0 Å². The second kappa shape index (κ2) is 6.32. The summed E-state index contributed by atoms with van der Waals surface area (Å²) in [4.78, 5) is 0.0581. The van der Waals surface area contributed by atoms with E-state index in [1.54, 1.807) is 0 Å². The lowest BCUT2D eigenvalue weighted by molar-refractivity contribution is 0.188. The maximum absolute atomic E-state index is 13.1. The highest BCUT2D eigenvalue weighted by molar-refractivity contribution is 7.89. The van der Waals surface area contributed by atoms with Gasteiger partial charge in [0.15, 0.2) is 0 Å². The van der Waals surface area contributed by atoms with Gasteiger partial charge in [0.25, 0.3) is 0 Å². The summed E-state index contributed by atoms with van der Waals surface area (Å²) in [6.45, 7) is -0.0234. The van der Waals surface area contributed by atoms with Gasteiger partial charge in [-0.2, -0.15) is 9.57 Å². The zero-order valence-corrected chi connectivity index (χ0v) is 13.4. The van der Waals surface area contributed by atoms with Crippen molar-refractivity contribution in [3.63, 3.8) is 0 Å². The molecular formula is C17H15FN2O3S. The first-order valence-corrected chi connectivity index (χ1v) is 8.81. The summed E-state index contributed by atoms with van der Waals surface area (Å²) in [5, 5.41) is 18.8. The Kier molecular flexibility index (Phi) is 4.37. The molecule has 0 aliphatic carbocycles. The molecule has 1 aliphatic heterocycles. The number of halogens is 1. The number of aliphatic hydroxyl groups excluding tert-OH is 1. The number of β-amino-alcohol motifs (C(OH)–C–C–N with tert-alkyl or cyclic N) is 1. The first-order chi connectivity index (χ1) is 11.4. The van der Waals surface area contributed by atoms with Crippen molar-refractivity contribution in [3.05, 3.63) is 65.5 Å². The number of hydrogen-bond acceptors (Lipinski definition) is 4. The molecule has 0 unspecified atom stereocenters. The fraction of sp³-hybridized carbons (Fsp3) is 0.235. The Bertz CT molecular complexity index is 874. The molecule has 0 radical (unpaired) electrons. The Morgan fingerprint density at radius 3 is 2.33 bits per heavy atom. The number of rotatable bonds is 3. The van der Waals surface area contributed by atoms with Crippen LogP contribution in [0.3, 0.4) is 0 Å². The Labute approximate surface area is 139 Å². The van der Waals surface area contributed by atoms with E-state index < -0.39 is 28.0 Å². The number of hydrogen-bond donors (Lipinski definition) is 1. The van der Waals surface area contributed by atoms with Gasteiger partial charge in [-0.3, -0.25) is 0 Å². The lowest BCUT2D eigenvalue weighted by Gasteiger charge is -2.24. The molecule has 2 atom stereocenters. The molecular weight excluding hydrogens is 331 g/mol. The fourth-order valence-corrected chi connectivity index (χ4v) is 4.54. The van der Waals surface area contributed by atoms with Crippen LogP contribution < -0.4 is 0 Å². The molecule has 7 heteroatoms. The molecule has 1 heterocycles. The minimum atomic E-state index is -3.83. The van der Waals surface area contributed by atoms with Crippen molar-refractivity contribution in [2.24, 2.45) is 0 Å². The van der Waals surface area contributed by atoms with Gasteiger partial charge in [-0.1, -0.05) is 12.1 Å². The monoisotopic (exact) mass is 346 g/mol. The van der Waals surface area contributed by atoms with E-state index in [1.807, 2.05) is 6.07 Å². The van der Waals surface area contributed by atoms with Crippen LogP contribution in [0.15, 0.2) is 53.4 Å². The normalized spacial score (nSPS) is 21.5. The van der Waals surface area contributed by atoms with Crippen LogP contribution in [0.2, 0.25) is 0 Å². The SMILES string of the molecule is N#Cc1ccc(S(=O)(=O)N2C[C@H](O)C[C@H]2c2ccc(F)cc2)cc1. The second-order valence-electron chi connectivity index (χ2n) is 5.67. The predicted octanol–water partition coefficient (Wildman–Crippen LogP) is 2.19. The molecule has 0 spiro atoms. The van der Waals surface area contributed by atoms with Crippen molar-refractivity contribution in [2.45, 2.75) is 23.5 Å². The molecule has 124 valence electrons. The number of nitriles is 1. The van der Waals surface area contributed by atoms with Crippen molar-refractivity contribution in [1.29, 1.82) is 5.26 Å². The molecule has 1 N–H and O–H groups in total. The lowest BCUT2D eigenvalue weighted by Crippen LogP contribution is -2.31. The molecule has 0 saturated carbocycles. The van der Waals surface area contributed by atoms with E-state index in [4.69, 9.17) is 5.26 Å². The number of benzene rings is 2. The van der Waals surface area contributed by atoms with E-state index in [2.05, 4.69) is 0 Å². The van der Waals surface area contributed by atoms with E-state index in [9.17, 15) is 17.9 Å². The van der Waals surface area contributed by atoms with E-state index in [0.29, 0.717) is 11.1 Å². The Morgan fingerprint density at radius 1 is 1.12 bits per heavy atom. The molecule has 0 aromatic heterocycles. The van der Waals surface area contributed by atoms with E-state index in [0.717, 1.165) is 0 Å². The number of nitrogens with zero attached hydrogens (tertiary/aromatic N) is 2. The van der Waals surface area contributed by atoms with Crippen LogP contribution in [0.5, 0.6) is 0 Å². The van der Waals surface area contributed by atoms with Gasteiger partial charge in [0.1, 0.15) is 5.82 Å². The van der Waals surface area contributed by atoms with Gasteiger partial charge in [0.05, 0.1) is 28.7 Å². The summed E-state index contributed by atoms with van der Waals surface area (Å²) in [6, 6.07) is 12.6. The summed E-state index contributed by atoms with van der Waals surface area (Å²) in [6.07, 6.45) is -0.533. The van der Waals surface area contributed by atoms with Crippen LogP contribution in [-0.4, -0.2) is 30.5 Å². The molecule has 2 aromatic carbocycles. The number of aliphatic hydroxyl groups is 1. The molecule has 24 heavy (non-hydrogen) atoms. The topological polar surface area (TPSA) is 81.4 Å². The molecule has 1 saturated heterocycles. The maximum atomic E-state index is 13.1. The molecule has 1 aliphatic rings. The molecule has 1 fully saturated rings. The quantitative estimate of drug-likeness (QED) is 0.924. The third kappa shape index (κ3) is 3.04. The lowest BCUT2D eigenvalue weighted by atomic mass is 10.0. The van der Waals surface area contributed by atoms with Gasteiger partial charge in [-0.25, -0.2) is 12.8 Å². The zero-order valence-electron chi connectivity index (χ0n) is 12.6. The van der Waals surface area contributed by atoms with Crippen LogP contribution in [0.4, 0.5) is 4.39 Å². The highest BCUT2D eigenvalue weighted by Gasteiger charge is 2.40. The Morgan fingerprint density at radius 2 is 1.75 bits per heavy atom. The molecule has 2 aromatic rings. The van der Waals surface area contributed by atoms with Crippen LogP contribution in [0, 0.1) is 17.1 Å². The molecule has 5 nitrogen and oxygen atoms in total. The largest absolute Gasteiger partial charge is 0.392 e. The highest BCUT2D eigenvalue weighted by Crippen LogP contribution is 2.36. The van der Waals surface area contributed by atoms with E-state index in [-0.39, 0.29) is 17.9 Å². The standard InChI is InChI=1S/C17H15FN2O3S/c18-14-5-3-13(4-6-14)17-9-15(21)11-20(17)24(22,23)16-7-1-12(10-19)2-8-16/h1-8,15,17,21H,9,11H2/t15-,17+/m1/s1. The van der Waals surface area contributed by atoms with Gasteiger partial charge < -0.3 is 5.11 Å². The van der Waals surface area contributed by atoms with Crippen LogP contribution in [-0.2, 0) is 10.0 Å². The summed E-state index contributed by atoms with van der Waals surface area (Å²) in [7, 11) is -3.83. The molecule has 0 bridgehead atoms. The van der Waals surface area contributed by atoms with Gasteiger partial charge in [-0.15, -0.1) is 0 Å². The van der Waals surface area contributed by atoms with Crippen molar-refractivity contribution in [1.82, 2.24) is 4.31 Å². The summed E-state index contributed by atoms with van der Waals surface area (Å²) in [5.74, 6) is -0.404. The van der Waals surface area contributed by atoms with Crippen molar-refractivity contribution in [3.8, 4) is 6.07 Å². The predicted molar refractivity (Wildman–Crippen MR) is 84.8 cm³/mol. The maximum Gasteiger partial charge on any atom is 0.243 e. The van der Waals surface area contributed by atoms with Crippen molar-refractivity contribution in [2.75, 3.05) is 6.54 Å². The second-order valence-corrected chi connectivity index (χ2v) is 7.56.